The van der Waals surface area contributed by atoms with E-state index in [1.165, 1.54) is 11.8 Å². The third-order valence-corrected chi connectivity index (χ3v) is 4.24. The van der Waals surface area contributed by atoms with Crippen LogP contribution in [0.1, 0.15) is 48.7 Å². The summed E-state index contributed by atoms with van der Waals surface area (Å²) in [6.45, 7) is 6.04. The van der Waals surface area contributed by atoms with Gasteiger partial charge in [0.15, 0.2) is 5.90 Å². The molecule has 0 bridgehead atoms. The number of pyridine rings is 1. The maximum Gasteiger partial charge on any atom is 0.337 e. The zero-order valence-electron chi connectivity index (χ0n) is 15.6. The second kappa shape index (κ2) is 8.94. The summed E-state index contributed by atoms with van der Waals surface area (Å²) in [6, 6.07) is 7.88. The van der Waals surface area contributed by atoms with Crippen LogP contribution in [-0.2, 0) is 11.2 Å². The van der Waals surface area contributed by atoms with Gasteiger partial charge in [-0.3, -0.25) is 4.98 Å². The Balaban J connectivity index is 2.49. The molecular weight excluding hydrogens is 328 g/mol. The number of methoxy groups -OCH3 is 1. The highest BCUT2D eigenvalue weighted by Gasteiger charge is 2.05. The lowest BCUT2D eigenvalue weighted by Crippen LogP contribution is -2.27. The lowest BCUT2D eigenvalue weighted by Gasteiger charge is -2.05. The smallest absolute Gasteiger partial charge is 0.337 e. The van der Waals surface area contributed by atoms with Crippen molar-refractivity contribution < 1.29 is 14.6 Å². The van der Waals surface area contributed by atoms with Crippen molar-refractivity contribution in [3.63, 3.8) is 0 Å². The standard InChI is InChI=1S/C21H24N2O3/c1-5-14(2)20-7-6-16(9-18(20)13-23-15(3)26-4)8-17-10-19(21(24)25)12-22-11-17/h6-7,9-13H,5,8H2,1-4H3,(H,24,25)/b18-13-,20-14+,23-15?. The highest BCUT2D eigenvalue weighted by molar-refractivity contribution is 5.87. The molecule has 0 spiro atoms. The molecular formula is C21H24N2O3. The highest BCUT2D eigenvalue weighted by Crippen LogP contribution is 2.09. The van der Waals surface area contributed by atoms with E-state index in [9.17, 15) is 4.79 Å². The molecule has 1 heterocycles. The summed E-state index contributed by atoms with van der Waals surface area (Å²) < 4.78 is 5.11. The first kappa shape index (κ1) is 19.4. The van der Waals surface area contributed by atoms with Crippen molar-refractivity contribution in [2.45, 2.75) is 33.6 Å². The van der Waals surface area contributed by atoms with Crippen molar-refractivity contribution in [2.75, 3.05) is 7.11 Å². The summed E-state index contributed by atoms with van der Waals surface area (Å²) in [7, 11) is 1.59. The molecule has 0 radical (unpaired) electrons. The Kier molecular flexibility index (Phi) is 6.67. The van der Waals surface area contributed by atoms with Crippen molar-refractivity contribution in [1.29, 1.82) is 0 Å². The summed E-state index contributed by atoms with van der Waals surface area (Å²) in [4.78, 5) is 19.5. The van der Waals surface area contributed by atoms with Crippen LogP contribution in [0, 0.1) is 0 Å². The van der Waals surface area contributed by atoms with Crippen molar-refractivity contribution in [2.24, 2.45) is 4.99 Å². The molecule has 0 saturated heterocycles. The van der Waals surface area contributed by atoms with Crippen LogP contribution in [-0.4, -0.2) is 29.1 Å². The second-order valence-corrected chi connectivity index (χ2v) is 6.10. The zero-order chi connectivity index (χ0) is 19.1. The first-order valence-electron chi connectivity index (χ1n) is 8.49. The van der Waals surface area contributed by atoms with Gasteiger partial charge in [-0.15, -0.1) is 0 Å². The number of carbonyl (C=O) groups is 1. The topological polar surface area (TPSA) is 71.8 Å². The highest BCUT2D eigenvalue weighted by atomic mass is 16.5. The van der Waals surface area contributed by atoms with Gasteiger partial charge in [0.1, 0.15) is 0 Å². The number of carboxylic acid groups (broad SMARTS) is 1. The molecule has 2 aromatic rings. The number of hydrogen-bond acceptors (Lipinski definition) is 4. The third-order valence-electron chi connectivity index (χ3n) is 4.24. The Morgan fingerprint density at radius 1 is 1.23 bits per heavy atom. The van der Waals surface area contributed by atoms with Crippen molar-refractivity contribution in [1.82, 2.24) is 4.98 Å². The van der Waals surface area contributed by atoms with E-state index >= 15 is 0 Å². The number of aromatic nitrogens is 1. The maximum absolute atomic E-state index is 11.1. The van der Waals surface area contributed by atoms with Crippen molar-refractivity contribution in [3.8, 4) is 0 Å². The van der Waals surface area contributed by atoms with Crippen LogP contribution in [0.2, 0.25) is 0 Å². The SMILES string of the molecule is CC/C(C)=c1\ccc(Cc2cncc(C(=O)O)c2)c\c1=C\N=C(C)OC. The molecule has 0 aliphatic carbocycles. The Hall–Kier alpha value is -2.95. The van der Waals surface area contributed by atoms with Gasteiger partial charge >= 0.3 is 5.97 Å². The summed E-state index contributed by atoms with van der Waals surface area (Å²) >= 11 is 0. The predicted octanol–water partition coefficient (Wildman–Crippen LogP) is 2.75. The van der Waals surface area contributed by atoms with Crippen LogP contribution >= 0.6 is 0 Å². The first-order chi connectivity index (χ1) is 12.4. The second-order valence-electron chi connectivity index (χ2n) is 6.10. The van der Waals surface area contributed by atoms with E-state index in [-0.39, 0.29) is 5.56 Å². The average molecular weight is 352 g/mol. The number of nitrogens with zero attached hydrogens (tertiary/aromatic N) is 2. The predicted molar refractivity (Wildman–Crippen MR) is 104 cm³/mol. The van der Waals surface area contributed by atoms with Gasteiger partial charge < -0.3 is 9.84 Å². The summed E-state index contributed by atoms with van der Waals surface area (Å²) in [6.07, 6.45) is 6.42. The Morgan fingerprint density at radius 2 is 2.00 bits per heavy atom. The molecule has 0 amide bonds. The largest absolute Gasteiger partial charge is 0.484 e. The van der Waals surface area contributed by atoms with E-state index in [4.69, 9.17) is 9.84 Å². The van der Waals surface area contributed by atoms with E-state index in [2.05, 4.69) is 42.0 Å². The minimum Gasteiger partial charge on any atom is -0.484 e. The minimum absolute atomic E-state index is 0.196. The van der Waals surface area contributed by atoms with Gasteiger partial charge in [0.25, 0.3) is 0 Å². The van der Waals surface area contributed by atoms with Gasteiger partial charge in [-0.05, 0) is 48.2 Å². The molecule has 26 heavy (non-hydrogen) atoms. The van der Waals surface area contributed by atoms with E-state index in [1.807, 2.05) is 6.20 Å². The molecule has 0 saturated carbocycles. The molecule has 0 unspecified atom stereocenters. The number of aliphatic imine (C=N–C) groups is 1. The summed E-state index contributed by atoms with van der Waals surface area (Å²) in [5, 5.41) is 11.3. The molecule has 2 rings (SSSR count). The molecule has 1 aromatic heterocycles. The van der Waals surface area contributed by atoms with Gasteiger partial charge in [-0.25, -0.2) is 9.79 Å². The van der Waals surface area contributed by atoms with Gasteiger partial charge in [0.05, 0.1) is 12.7 Å². The molecule has 0 aliphatic heterocycles. The fourth-order valence-electron chi connectivity index (χ4n) is 2.56. The van der Waals surface area contributed by atoms with Crippen LogP contribution in [0.15, 0.2) is 41.7 Å². The van der Waals surface area contributed by atoms with Gasteiger partial charge in [-0.1, -0.05) is 24.6 Å². The van der Waals surface area contributed by atoms with Crippen LogP contribution < -0.4 is 10.4 Å². The monoisotopic (exact) mass is 352 g/mol. The number of hydrogen-bond donors (Lipinski definition) is 1. The first-order valence-corrected chi connectivity index (χ1v) is 8.49. The minimum atomic E-state index is -0.971. The fourth-order valence-corrected chi connectivity index (χ4v) is 2.56. The van der Waals surface area contributed by atoms with Crippen molar-refractivity contribution >= 4 is 23.6 Å². The molecule has 1 aromatic carbocycles. The number of rotatable bonds is 5. The summed E-state index contributed by atoms with van der Waals surface area (Å²) in [5.74, 6) is -0.380. The molecule has 0 fully saturated rings. The molecule has 5 heteroatoms. The molecule has 0 atom stereocenters. The molecule has 5 nitrogen and oxygen atoms in total. The normalized spacial score (nSPS) is 13.5. The Morgan fingerprint density at radius 3 is 2.65 bits per heavy atom. The number of ether oxygens (including phenoxy) is 1. The van der Waals surface area contributed by atoms with Gasteiger partial charge in [-0.2, -0.15) is 0 Å². The van der Waals surface area contributed by atoms with Crippen molar-refractivity contribution in [3.05, 3.63) is 63.8 Å². The van der Waals surface area contributed by atoms with Gasteiger partial charge in [0, 0.05) is 30.7 Å². The van der Waals surface area contributed by atoms with E-state index < -0.39 is 5.97 Å². The lowest BCUT2D eigenvalue weighted by molar-refractivity contribution is 0.0696. The van der Waals surface area contributed by atoms with E-state index in [0.717, 1.165) is 28.0 Å². The molecule has 0 aliphatic rings. The lowest BCUT2D eigenvalue weighted by atomic mass is 10.0. The number of carboxylic acids is 1. The molecule has 1 N–H and O–H groups in total. The van der Waals surface area contributed by atoms with E-state index in [1.54, 1.807) is 26.3 Å². The maximum atomic E-state index is 11.1. The van der Waals surface area contributed by atoms with Crippen LogP contribution in [0.25, 0.3) is 11.8 Å². The van der Waals surface area contributed by atoms with Gasteiger partial charge in [0.2, 0.25) is 0 Å². The third kappa shape index (κ3) is 5.02. The van der Waals surface area contributed by atoms with E-state index in [0.29, 0.717) is 12.3 Å². The quantitative estimate of drug-likeness (QED) is 0.663. The van der Waals surface area contributed by atoms with Crippen LogP contribution in [0.3, 0.4) is 0 Å². The van der Waals surface area contributed by atoms with Crippen LogP contribution in [0.5, 0.6) is 0 Å². The van der Waals surface area contributed by atoms with Crippen LogP contribution in [0.4, 0.5) is 0 Å². The average Bonchev–Trinajstić information content (AvgIpc) is 2.65. The molecule has 136 valence electrons. The Bertz CT molecular complexity index is 946. The Labute approximate surface area is 153 Å². The number of benzene rings is 1. The zero-order valence-corrected chi connectivity index (χ0v) is 15.6. The fraction of sp³-hybridized carbons (Fsp3) is 0.286. The number of aromatic carboxylic acids is 1. The summed E-state index contributed by atoms with van der Waals surface area (Å²) in [5.41, 5.74) is 3.40.